The van der Waals surface area contributed by atoms with Crippen LogP contribution in [0.25, 0.3) is 0 Å². The SMILES string of the molecule is CCCCCCCCCOC[C@H](O)[C@H]1OC[C@@H](O)[C@H]1O. The van der Waals surface area contributed by atoms with Crippen LogP contribution >= 0.6 is 0 Å². The zero-order chi connectivity index (χ0) is 14.8. The highest BCUT2D eigenvalue weighted by atomic mass is 16.5. The highest BCUT2D eigenvalue weighted by Crippen LogP contribution is 2.17. The standard InChI is InChI=1S/C15H30O5/c1-2-3-4-5-6-7-8-9-19-10-13(17)15-14(18)12(16)11-20-15/h12-18H,2-11H2,1H3/t12-,13+,14-,15-/m1/s1. The molecule has 0 spiro atoms. The molecule has 1 aliphatic heterocycles. The van der Waals surface area contributed by atoms with E-state index in [2.05, 4.69) is 6.92 Å². The normalized spacial score (nSPS) is 27.9. The highest BCUT2D eigenvalue weighted by Gasteiger charge is 2.39. The van der Waals surface area contributed by atoms with Crippen LogP contribution < -0.4 is 0 Å². The quantitative estimate of drug-likeness (QED) is 0.499. The predicted octanol–water partition coefficient (Wildman–Crippen LogP) is 1.24. The summed E-state index contributed by atoms with van der Waals surface area (Å²) in [5, 5.41) is 28.7. The van der Waals surface area contributed by atoms with E-state index in [1.807, 2.05) is 0 Å². The Balaban J connectivity index is 1.93. The number of aliphatic hydroxyl groups excluding tert-OH is 3. The van der Waals surface area contributed by atoms with Crippen molar-refractivity contribution in [3.8, 4) is 0 Å². The highest BCUT2D eigenvalue weighted by molar-refractivity contribution is 4.87. The molecule has 1 aliphatic rings. The minimum absolute atomic E-state index is 0.0701. The number of aliphatic hydroxyl groups is 3. The Morgan fingerprint density at radius 1 is 1.10 bits per heavy atom. The second-order valence-electron chi connectivity index (χ2n) is 5.62. The summed E-state index contributed by atoms with van der Waals surface area (Å²) in [5.41, 5.74) is 0. The summed E-state index contributed by atoms with van der Waals surface area (Å²) in [7, 11) is 0. The van der Waals surface area contributed by atoms with Crippen LogP contribution in [-0.4, -0.2) is 59.6 Å². The van der Waals surface area contributed by atoms with E-state index in [-0.39, 0.29) is 13.2 Å². The smallest absolute Gasteiger partial charge is 0.114 e. The lowest BCUT2D eigenvalue weighted by molar-refractivity contribution is -0.0813. The molecule has 1 heterocycles. The van der Waals surface area contributed by atoms with Crippen LogP contribution in [0.5, 0.6) is 0 Å². The van der Waals surface area contributed by atoms with E-state index in [1.165, 1.54) is 32.1 Å². The van der Waals surface area contributed by atoms with Gasteiger partial charge in [-0.2, -0.15) is 0 Å². The van der Waals surface area contributed by atoms with Gasteiger partial charge >= 0.3 is 0 Å². The molecule has 1 saturated heterocycles. The largest absolute Gasteiger partial charge is 0.388 e. The van der Waals surface area contributed by atoms with Crippen LogP contribution in [-0.2, 0) is 9.47 Å². The van der Waals surface area contributed by atoms with E-state index in [0.717, 1.165) is 12.8 Å². The molecule has 0 unspecified atom stereocenters. The minimum atomic E-state index is -1.02. The van der Waals surface area contributed by atoms with Crippen molar-refractivity contribution in [1.29, 1.82) is 0 Å². The van der Waals surface area contributed by atoms with Crippen LogP contribution in [0, 0.1) is 0 Å². The number of hydrogen-bond acceptors (Lipinski definition) is 5. The van der Waals surface area contributed by atoms with Crippen LogP contribution in [0.1, 0.15) is 51.9 Å². The third kappa shape index (κ3) is 6.50. The third-order valence-corrected chi connectivity index (χ3v) is 3.75. The predicted molar refractivity (Wildman–Crippen MR) is 76.6 cm³/mol. The molecule has 0 aliphatic carbocycles. The molecule has 120 valence electrons. The second kappa shape index (κ2) is 10.5. The summed E-state index contributed by atoms with van der Waals surface area (Å²) in [5.74, 6) is 0. The maximum absolute atomic E-state index is 9.82. The van der Waals surface area contributed by atoms with Gasteiger partial charge in [0.25, 0.3) is 0 Å². The van der Waals surface area contributed by atoms with Crippen LogP contribution in [0.15, 0.2) is 0 Å². The maximum atomic E-state index is 9.82. The van der Waals surface area contributed by atoms with Gasteiger partial charge in [0.05, 0.1) is 13.2 Å². The van der Waals surface area contributed by atoms with Gasteiger partial charge < -0.3 is 24.8 Å². The maximum Gasteiger partial charge on any atom is 0.114 e. The van der Waals surface area contributed by atoms with E-state index in [4.69, 9.17) is 9.47 Å². The van der Waals surface area contributed by atoms with Gasteiger partial charge in [-0.25, -0.2) is 0 Å². The summed E-state index contributed by atoms with van der Waals surface area (Å²) < 4.78 is 10.5. The molecule has 1 fully saturated rings. The second-order valence-corrected chi connectivity index (χ2v) is 5.62. The molecule has 5 nitrogen and oxygen atoms in total. The van der Waals surface area contributed by atoms with E-state index in [0.29, 0.717) is 6.61 Å². The topological polar surface area (TPSA) is 79.2 Å². The molecule has 0 amide bonds. The first-order valence-electron chi connectivity index (χ1n) is 7.90. The van der Waals surface area contributed by atoms with Gasteiger partial charge in [-0.05, 0) is 6.42 Å². The minimum Gasteiger partial charge on any atom is -0.388 e. The average molecular weight is 290 g/mol. The number of unbranched alkanes of at least 4 members (excludes halogenated alkanes) is 6. The summed E-state index contributed by atoms with van der Waals surface area (Å²) in [4.78, 5) is 0. The molecule has 20 heavy (non-hydrogen) atoms. The molecule has 0 aromatic heterocycles. The molecule has 3 N–H and O–H groups in total. The van der Waals surface area contributed by atoms with E-state index >= 15 is 0 Å². The lowest BCUT2D eigenvalue weighted by Crippen LogP contribution is -2.40. The van der Waals surface area contributed by atoms with Gasteiger partial charge in [-0.3, -0.25) is 0 Å². The van der Waals surface area contributed by atoms with Gasteiger partial charge in [-0.1, -0.05) is 45.4 Å². The summed E-state index contributed by atoms with van der Waals surface area (Å²) in [6.45, 7) is 3.05. The van der Waals surface area contributed by atoms with Crippen LogP contribution in [0.3, 0.4) is 0 Å². The number of hydrogen-bond donors (Lipinski definition) is 3. The fraction of sp³-hybridized carbons (Fsp3) is 1.00. The van der Waals surface area contributed by atoms with Crippen molar-refractivity contribution in [3.63, 3.8) is 0 Å². The Kier molecular flexibility index (Phi) is 9.39. The van der Waals surface area contributed by atoms with E-state index < -0.39 is 24.4 Å². The van der Waals surface area contributed by atoms with Crippen molar-refractivity contribution in [2.24, 2.45) is 0 Å². The number of rotatable bonds is 11. The van der Waals surface area contributed by atoms with Crippen LogP contribution in [0.4, 0.5) is 0 Å². The van der Waals surface area contributed by atoms with Gasteiger partial charge in [0.2, 0.25) is 0 Å². The van der Waals surface area contributed by atoms with Crippen molar-refractivity contribution in [2.45, 2.75) is 76.3 Å². The van der Waals surface area contributed by atoms with Gasteiger partial charge in [-0.15, -0.1) is 0 Å². The fourth-order valence-electron chi connectivity index (χ4n) is 2.42. The van der Waals surface area contributed by atoms with Crippen molar-refractivity contribution >= 4 is 0 Å². The molecule has 0 bridgehead atoms. The Labute approximate surface area is 121 Å². The van der Waals surface area contributed by atoms with E-state index in [1.54, 1.807) is 0 Å². The summed E-state index contributed by atoms with van der Waals surface area (Å²) >= 11 is 0. The zero-order valence-corrected chi connectivity index (χ0v) is 12.5. The third-order valence-electron chi connectivity index (χ3n) is 3.75. The molecule has 0 saturated carbocycles. The lowest BCUT2D eigenvalue weighted by atomic mass is 10.1. The number of ether oxygens (including phenoxy) is 2. The van der Waals surface area contributed by atoms with Gasteiger partial charge in [0.1, 0.15) is 24.4 Å². The molecule has 0 aromatic carbocycles. The average Bonchev–Trinajstić information content (AvgIpc) is 2.77. The zero-order valence-electron chi connectivity index (χ0n) is 12.5. The van der Waals surface area contributed by atoms with Crippen molar-refractivity contribution in [1.82, 2.24) is 0 Å². The molecular weight excluding hydrogens is 260 g/mol. The van der Waals surface area contributed by atoms with Crippen molar-refractivity contribution in [2.75, 3.05) is 19.8 Å². The first kappa shape index (κ1) is 17.9. The van der Waals surface area contributed by atoms with Crippen LogP contribution in [0.2, 0.25) is 0 Å². The Bertz CT molecular complexity index is 236. The Hall–Kier alpha value is -0.200. The molecule has 0 aromatic rings. The Morgan fingerprint density at radius 3 is 2.35 bits per heavy atom. The molecule has 4 atom stereocenters. The van der Waals surface area contributed by atoms with Crippen molar-refractivity contribution < 1.29 is 24.8 Å². The summed E-state index contributed by atoms with van der Waals surface area (Å²) in [6.07, 6.45) is 5.03. The van der Waals surface area contributed by atoms with Gasteiger partial charge in [0.15, 0.2) is 0 Å². The first-order valence-corrected chi connectivity index (χ1v) is 7.90. The van der Waals surface area contributed by atoms with Crippen molar-refractivity contribution in [3.05, 3.63) is 0 Å². The van der Waals surface area contributed by atoms with Gasteiger partial charge in [0, 0.05) is 6.61 Å². The molecule has 5 heteroatoms. The Morgan fingerprint density at radius 2 is 1.75 bits per heavy atom. The molecule has 1 rings (SSSR count). The fourth-order valence-corrected chi connectivity index (χ4v) is 2.42. The molecule has 0 radical (unpaired) electrons. The lowest BCUT2D eigenvalue weighted by Gasteiger charge is -2.20. The first-order chi connectivity index (χ1) is 9.66. The van der Waals surface area contributed by atoms with E-state index in [9.17, 15) is 15.3 Å². The molecular formula is C15H30O5. The monoisotopic (exact) mass is 290 g/mol. The summed E-state index contributed by atoms with van der Waals surface area (Å²) in [6, 6.07) is 0.